The zero-order valence-corrected chi connectivity index (χ0v) is 14.9. The van der Waals surface area contributed by atoms with Crippen LogP contribution in [0, 0.1) is 5.92 Å². The Morgan fingerprint density at radius 3 is 2.27 bits per heavy atom. The lowest BCUT2D eigenvalue weighted by Gasteiger charge is -2.18. The fraction of sp³-hybridized carbons (Fsp3) is 0.400. The second kappa shape index (κ2) is 7.06. The van der Waals surface area contributed by atoms with Gasteiger partial charge in [0.1, 0.15) is 0 Å². The van der Waals surface area contributed by atoms with Gasteiger partial charge in [0.05, 0.1) is 5.75 Å². The van der Waals surface area contributed by atoms with E-state index >= 15 is 0 Å². The van der Waals surface area contributed by atoms with E-state index in [4.69, 9.17) is 0 Å². The van der Waals surface area contributed by atoms with E-state index in [0.717, 1.165) is 7.05 Å². The van der Waals surface area contributed by atoms with Crippen LogP contribution in [-0.4, -0.2) is 41.6 Å². The maximum Gasteiger partial charge on any atom is 0.471 e. The Kier molecular flexibility index (Phi) is 5.40. The van der Waals surface area contributed by atoms with E-state index in [1.807, 2.05) is 0 Å². The number of nitrogens with zero attached hydrogens (tertiary/aromatic N) is 3. The lowest BCUT2D eigenvalue weighted by Crippen LogP contribution is -2.36. The average molecular weight is 391 g/mol. The SMILES string of the molecule is CC(C)CS(=O)(=O)N(C)C(=O)c1ccc(-c2noc(C(F)(F)F)n2)cc1. The van der Waals surface area contributed by atoms with Crippen molar-refractivity contribution in [1.29, 1.82) is 0 Å². The minimum absolute atomic E-state index is 0.0584. The number of hydrogen-bond donors (Lipinski definition) is 0. The van der Waals surface area contributed by atoms with Crippen molar-refractivity contribution in [3.05, 3.63) is 35.7 Å². The highest BCUT2D eigenvalue weighted by atomic mass is 32.2. The largest absolute Gasteiger partial charge is 0.471 e. The molecule has 2 aromatic rings. The number of halogens is 3. The van der Waals surface area contributed by atoms with E-state index in [1.165, 1.54) is 24.3 Å². The summed E-state index contributed by atoms with van der Waals surface area (Å²) in [6, 6.07) is 5.17. The molecule has 0 saturated heterocycles. The molecule has 11 heteroatoms. The molecule has 0 bridgehead atoms. The zero-order chi connectivity index (χ0) is 19.7. The van der Waals surface area contributed by atoms with Crippen molar-refractivity contribution < 1.29 is 30.9 Å². The topological polar surface area (TPSA) is 93.4 Å². The van der Waals surface area contributed by atoms with Crippen LogP contribution in [0.4, 0.5) is 13.2 Å². The lowest BCUT2D eigenvalue weighted by molar-refractivity contribution is -0.159. The molecule has 142 valence electrons. The van der Waals surface area contributed by atoms with Crippen LogP contribution in [0.2, 0.25) is 0 Å². The van der Waals surface area contributed by atoms with Crippen LogP contribution in [0.3, 0.4) is 0 Å². The van der Waals surface area contributed by atoms with Gasteiger partial charge in [0.2, 0.25) is 15.8 Å². The zero-order valence-electron chi connectivity index (χ0n) is 14.1. The van der Waals surface area contributed by atoms with E-state index in [0.29, 0.717) is 4.31 Å². The predicted octanol–water partition coefficient (Wildman–Crippen LogP) is 2.81. The molecule has 0 atom stereocenters. The highest BCUT2D eigenvalue weighted by Crippen LogP contribution is 2.29. The highest BCUT2D eigenvalue weighted by molar-refractivity contribution is 7.89. The van der Waals surface area contributed by atoms with Gasteiger partial charge >= 0.3 is 12.1 Å². The molecule has 1 amide bonds. The van der Waals surface area contributed by atoms with Gasteiger partial charge in [0.25, 0.3) is 5.91 Å². The van der Waals surface area contributed by atoms with Gasteiger partial charge in [-0.15, -0.1) is 0 Å². The lowest BCUT2D eigenvalue weighted by atomic mass is 10.1. The molecule has 1 aromatic heterocycles. The molecular weight excluding hydrogens is 375 g/mol. The van der Waals surface area contributed by atoms with E-state index < -0.39 is 28.0 Å². The van der Waals surface area contributed by atoms with Gasteiger partial charge in [0, 0.05) is 18.2 Å². The van der Waals surface area contributed by atoms with Crippen LogP contribution >= 0.6 is 0 Å². The first-order valence-electron chi connectivity index (χ1n) is 7.44. The Morgan fingerprint density at radius 2 is 1.81 bits per heavy atom. The molecule has 0 radical (unpaired) electrons. The molecule has 0 N–H and O–H groups in total. The number of amides is 1. The molecule has 1 heterocycles. The third-order valence-corrected chi connectivity index (χ3v) is 5.39. The molecule has 1 aromatic carbocycles. The first kappa shape index (κ1) is 19.9. The van der Waals surface area contributed by atoms with Gasteiger partial charge in [-0.25, -0.2) is 12.7 Å². The molecule has 0 spiro atoms. The maximum atomic E-state index is 12.5. The summed E-state index contributed by atoms with van der Waals surface area (Å²) in [6.07, 6.45) is -4.76. The summed E-state index contributed by atoms with van der Waals surface area (Å²) in [4.78, 5) is 15.5. The predicted molar refractivity (Wildman–Crippen MR) is 85.5 cm³/mol. The molecule has 0 aliphatic rings. The monoisotopic (exact) mass is 391 g/mol. The fourth-order valence-corrected chi connectivity index (χ4v) is 3.48. The van der Waals surface area contributed by atoms with Crippen LogP contribution in [0.5, 0.6) is 0 Å². The van der Waals surface area contributed by atoms with Crippen molar-refractivity contribution in [2.45, 2.75) is 20.0 Å². The number of rotatable bonds is 5. The minimum atomic E-state index is -4.76. The highest BCUT2D eigenvalue weighted by Gasteiger charge is 2.38. The van der Waals surface area contributed by atoms with Crippen molar-refractivity contribution in [1.82, 2.24) is 14.4 Å². The Hall–Kier alpha value is -2.43. The van der Waals surface area contributed by atoms with Crippen molar-refractivity contribution >= 4 is 15.9 Å². The van der Waals surface area contributed by atoms with Gasteiger partial charge in [-0.2, -0.15) is 18.2 Å². The number of carbonyl (C=O) groups excluding carboxylic acids is 1. The summed E-state index contributed by atoms with van der Waals surface area (Å²) < 4.78 is 66.4. The second-order valence-electron chi connectivity index (χ2n) is 5.94. The molecule has 0 fully saturated rings. The van der Waals surface area contributed by atoms with Crippen LogP contribution in [0.1, 0.15) is 30.1 Å². The average Bonchev–Trinajstić information content (AvgIpc) is 3.02. The van der Waals surface area contributed by atoms with Crippen LogP contribution < -0.4 is 0 Å². The van der Waals surface area contributed by atoms with Crippen molar-refractivity contribution in [3.63, 3.8) is 0 Å². The standard InChI is InChI=1S/C15H16F3N3O4S/c1-9(2)8-26(23,24)21(3)13(22)11-6-4-10(5-7-11)12-19-14(25-20-12)15(16,17)18/h4-7,9H,8H2,1-3H3. The first-order valence-corrected chi connectivity index (χ1v) is 9.05. The van der Waals surface area contributed by atoms with E-state index in [9.17, 15) is 26.4 Å². The molecule has 0 aliphatic carbocycles. The first-order chi connectivity index (χ1) is 11.9. The molecule has 7 nitrogen and oxygen atoms in total. The van der Waals surface area contributed by atoms with E-state index in [2.05, 4.69) is 14.7 Å². The van der Waals surface area contributed by atoms with Crippen molar-refractivity contribution in [3.8, 4) is 11.4 Å². The third-order valence-electron chi connectivity index (χ3n) is 3.31. The van der Waals surface area contributed by atoms with Crippen LogP contribution in [0.25, 0.3) is 11.4 Å². The number of carbonyl (C=O) groups is 1. The Balaban J connectivity index is 2.21. The van der Waals surface area contributed by atoms with Crippen LogP contribution in [-0.2, 0) is 16.2 Å². The van der Waals surface area contributed by atoms with Crippen molar-refractivity contribution in [2.24, 2.45) is 5.92 Å². The summed E-state index contributed by atoms with van der Waals surface area (Å²) in [5.74, 6) is -2.86. The fourth-order valence-electron chi connectivity index (χ4n) is 2.06. The number of alkyl halides is 3. The summed E-state index contributed by atoms with van der Waals surface area (Å²) >= 11 is 0. The van der Waals surface area contributed by atoms with Gasteiger partial charge < -0.3 is 4.52 Å². The summed E-state index contributed by atoms with van der Waals surface area (Å²) in [7, 11) is -2.61. The van der Waals surface area contributed by atoms with Gasteiger partial charge in [-0.05, 0) is 18.1 Å². The maximum absolute atomic E-state index is 12.5. The number of benzene rings is 1. The minimum Gasteiger partial charge on any atom is -0.329 e. The van der Waals surface area contributed by atoms with Gasteiger partial charge in [-0.3, -0.25) is 4.79 Å². The Bertz CT molecular complexity index is 890. The van der Waals surface area contributed by atoms with Gasteiger partial charge in [-0.1, -0.05) is 31.1 Å². The van der Waals surface area contributed by atoms with E-state index in [1.54, 1.807) is 13.8 Å². The smallest absolute Gasteiger partial charge is 0.329 e. The molecule has 26 heavy (non-hydrogen) atoms. The second-order valence-corrected chi connectivity index (χ2v) is 7.99. The normalized spacial score (nSPS) is 12.4. The van der Waals surface area contributed by atoms with E-state index in [-0.39, 0.29) is 28.6 Å². The number of aromatic nitrogens is 2. The molecule has 0 unspecified atom stereocenters. The molecule has 0 aliphatic heterocycles. The van der Waals surface area contributed by atoms with Gasteiger partial charge in [0.15, 0.2) is 0 Å². The molecule has 0 saturated carbocycles. The number of hydrogen-bond acceptors (Lipinski definition) is 6. The summed E-state index contributed by atoms with van der Waals surface area (Å²) in [5.41, 5.74) is 0.247. The third kappa shape index (κ3) is 4.40. The van der Waals surface area contributed by atoms with Crippen LogP contribution in [0.15, 0.2) is 28.8 Å². The Labute approximate surface area is 147 Å². The number of sulfonamides is 1. The molecule has 2 rings (SSSR count). The Morgan fingerprint density at radius 1 is 1.23 bits per heavy atom. The summed E-state index contributed by atoms with van der Waals surface area (Å²) in [6.45, 7) is 3.43. The van der Waals surface area contributed by atoms with Crippen molar-refractivity contribution in [2.75, 3.05) is 12.8 Å². The molecular formula is C15H16F3N3O4S. The summed E-state index contributed by atoms with van der Waals surface area (Å²) in [5, 5.41) is 3.24. The quantitative estimate of drug-likeness (QED) is 0.778.